The molecule has 9 nitrogen and oxygen atoms in total. The van der Waals surface area contributed by atoms with Gasteiger partial charge in [0.15, 0.2) is 0 Å². The van der Waals surface area contributed by atoms with Gasteiger partial charge in [-0.05, 0) is 51.5 Å². The molecule has 2 aromatic heterocycles. The molecular weight excluding hydrogens is 478 g/mol. The largest absolute Gasteiger partial charge is 0.492 e. The number of nitrogens with zero attached hydrogens (tertiary/aromatic N) is 4. The molecule has 0 radical (unpaired) electrons. The zero-order chi connectivity index (χ0) is 25.9. The van der Waals surface area contributed by atoms with Crippen molar-refractivity contribution in [1.29, 1.82) is 5.26 Å². The highest BCUT2D eigenvalue weighted by atomic mass is 32.1. The molecule has 0 aliphatic rings. The summed E-state index contributed by atoms with van der Waals surface area (Å²) in [5, 5.41) is 13.1. The minimum atomic E-state index is -0.567. The Labute approximate surface area is 213 Å². The molecule has 0 aliphatic heterocycles. The topological polar surface area (TPSA) is 119 Å². The molecule has 36 heavy (non-hydrogen) atoms. The number of aromatic nitrogens is 3. The number of rotatable bonds is 7. The lowest BCUT2D eigenvalue weighted by atomic mass is 10.1. The molecule has 0 saturated carbocycles. The number of hydrogen-bond donors (Lipinski definition) is 1. The van der Waals surface area contributed by atoms with E-state index in [1.54, 1.807) is 40.1 Å². The third-order valence-corrected chi connectivity index (χ3v) is 6.03. The number of hydrogen-bond acceptors (Lipinski definition) is 9. The molecular formula is C26H27N5O4S. The van der Waals surface area contributed by atoms with Crippen molar-refractivity contribution in [3.8, 4) is 22.4 Å². The summed E-state index contributed by atoms with van der Waals surface area (Å²) in [6.07, 6.45) is 1.20. The van der Waals surface area contributed by atoms with E-state index in [1.165, 1.54) is 11.3 Å². The maximum Gasteiger partial charge on any atom is 0.407 e. The van der Waals surface area contributed by atoms with Gasteiger partial charge in [-0.1, -0.05) is 0 Å². The number of methoxy groups -OCH3 is 1. The summed E-state index contributed by atoms with van der Waals surface area (Å²) in [6, 6.07) is 9.73. The van der Waals surface area contributed by atoms with Gasteiger partial charge in [0, 0.05) is 18.7 Å². The normalized spacial score (nSPS) is 11.4. The number of carbonyl (C=O) groups excluding carboxylic acids is 1. The third kappa shape index (κ3) is 5.87. The summed E-state index contributed by atoms with van der Waals surface area (Å²) >= 11 is 1.46. The molecule has 1 N–H and O–H groups in total. The Kier molecular flexibility index (Phi) is 7.33. The van der Waals surface area contributed by atoms with E-state index in [0.29, 0.717) is 23.4 Å². The van der Waals surface area contributed by atoms with E-state index < -0.39 is 11.7 Å². The van der Waals surface area contributed by atoms with Crippen LogP contribution in [0.5, 0.6) is 5.75 Å². The van der Waals surface area contributed by atoms with Gasteiger partial charge in [0.25, 0.3) is 0 Å². The van der Waals surface area contributed by atoms with Gasteiger partial charge in [0.2, 0.25) is 0 Å². The predicted octanol–water partition coefficient (Wildman–Crippen LogP) is 5.14. The molecule has 0 saturated heterocycles. The summed E-state index contributed by atoms with van der Waals surface area (Å²) in [6.45, 7) is 8.28. The lowest BCUT2D eigenvalue weighted by molar-refractivity contribution is 0.0520. The van der Waals surface area contributed by atoms with Gasteiger partial charge in [0.05, 0.1) is 51.9 Å². The van der Waals surface area contributed by atoms with Crippen LogP contribution in [0.1, 0.15) is 37.6 Å². The number of benzene rings is 2. The minimum absolute atomic E-state index is 0.225. The van der Waals surface area contributed by atoms with Crippen molar-refractivity contribution in [2.24, 2.45) is 0 Å². The molecule has 1 amide bonds. The smallest absolute Gasteiger partial charge is 0.407 e. The monoisotopic (exact) mass is 505 g/mol. The molecule has 4 rings (SSSR count). The number of thiazole rings is 1. The van der Waals surface area contributed by atoms with Crippen molar-refractivity contribution in [3.05, 3.63) is 47.3 Å². The van der Waals surface area contributed by atoms with Crippen LogP contribution in [0, 0.1) is 18.3 Å². The Bertz CT molecular complexity index is 1470. The maximum absolute atomic E-state index is 11.8. The van der Waals surface area contributed by atoms with E-state index in [0.717, 1.165) is 37.6 Å². The molecule has 0 spiro atoms. The van der Waals surface area contributed by atoms with Crippen LogP contribution < -0.4 is 10.1 Å². The molecule has 10 heteroatoms. The second-order valence-corrected chi connectivity index (χ2v) is 10.2. The first-order chi connectivity index (χ1) is 17.2. The van der Waals surface area contributed by atoms with E-state index >= 15 is 0 Å². The summed E-state index contributed by atoms with van der Waals surface area (Å²) < 4.78 is 17.0. The number of ether oxygens (including phenoxy) is 3. The highest BCUT2D eigenvalue weighted by Gasteiger charge is 2.17. The summed E-state index contributed by atoms with van der Waals surface area (Å²) in [4.78, 5) is 25.9. The van der Waals surface area contributed by atoms with Gasteiger partial charge < -0.3 is 19.5 Å². The molecule has 4 aromatic rings. The van der Waals surface area contributed by atoms with Crippen molar-refractivity contribution in [2.45, 2.75) is 39.9 Å². The number of nitriles is 1. The molecule has 0 bridgehead atoms. The van der Waals surface area contributed by atoms with Crippen molar-refractivity contribution in [2.75, 3.05) is 20.3 Å². The molecule has 0 unspecified atom stereocenters. The molecule has 2 aromatic carbocycles. The van der Waals surface area contributed by atoms with Gasteiger partial charge in [-0.3, -0.25) is 4.98 Å². The van der Waals surface area contributed by atoms with Crippen LogP contribution in [0.2, 0.25) is 0 Å². The maximum atomic E-state index is 11.8. The first-order valence-electron chi connectivity index (χ1n) is 11.4. The predicted molar refractivity (Wildman–Crippen MR) is 138 cm³/mol. The van der Waals surface area contributed by atoms with Crippen molar-refractivity contribution in [3.63, 3.8) is 0 Å². The van der Waals surface area contributed by atoms with Crippen LogP contribution >= 0.6 is 11.3 Å². The average molecular weight is 506 g/mol. The highest BCUT2D eigenvalue weighted by molar-refractivity contribution is 7.21. The van der Waals surface area contributed by atoms with Gasteiger partial charge in [-0.15, -0.1) is 11.3 Å². The Hall–Kier alpha value is -3.81. The van der Waals surface area contributed by atoms with Crippen molar-refractivity contribution < 1.29 is 19.0 Å². The number of amides is 1. The van der Waals surface area contributed by atoms with Crippen LogP contribution in [0.4, 0.5) is 4.79 Å². The fraction of sp³-hybridized carbons (Fsp3) is 0.346. The molecule has 186 valence electrons. The first kappa shape index (κ1) is 25.3. The Morgan fingerprint density at radius 3 is 2.69 bits per heavy atom. The minimum Gasteiger partial charge on any atom is -0.492 e. The van der Waals surface area contributed by atoms with Gasteiger partial charge in [-0.2, -0.15) is 5.26 Å². The van der Waals surface area contributed by atoms with Crippen LogP contribution in [0.15, 0.2) is 30.5 Å². The lowest BCUT2D eigenvalue weighted by Gasteiger charge is -2.19. The molecule has 0 atom stereocenters. The Balaban J connectivity index is 1.59. The number of aryl methyl sites for hydroxylation is 1. The third-order valence-electron chi connectivity index (χ3n) is 4.99. The number of carbonyl (C=O) groups is 1. The fourth-order valence-corrected chi connectivity index (χ4v) is 4.65. The fourth-order valence-electron chi connectivity index (χ4n) is 3.61. The lowest BCUT2D eigenvalue weighted by Crippen LogP contribution is -2.34. The van der Waals surface area contributed by atoms with E-state index in [-0.39, 0.29) is 13.2 Å². The SMILES string of the molecule is COCc1cnc2c(-c3nc4c(C#N)cc(OCCNC(=O)OC(C)(C)C)cc4s3)cc(C)cc2n1. The highest BCUT2D eigenvalue weighted by Crippen LogP contribution is 2.37. The molecule has 2 heterocycles. The average Bonchev–Trinajstić information content (AvgIpc) is 3.24. The van der Waals surface area contributed by atoms with Gasteiger partial charge in [-0.25, -0.2) is 14.8 Å². The van der Waals surface area contributed by atoms with Crippen LogP contribution in [-0.4, -0.2) is 46.9 Å². The number of alkyl carbamates (subject to hydrolysis) is 1. The number of fused-ring (bicyclic) bond motifs is 2. The van der Waals surface area contributed by atoms with Gasteiger partial charge in [0.1, 0.15) is 29.0 Å². The van der Waals surface area contributed by atoms with E-state index in [9.17, 15) is 10.1 Å². The van der Waals surface area contributed by atoms with Crippen molar-refractivity contribution >= 4 is 38.7 Å². The molecule has 0 fully saturated rings. The summed E-state index contributed by atoms with van der Waals surface area (Å²) in [5.74, 6) is 0.526. The van der Waals surface area contributed by atoms with Crippen LogP contribution in [-0.2, 0) is 16.1 Å². The summed E-state index contributed by atoms with van der Waals surface area (Å²) in [5.41, 5.74) is 4.59. The second kappa shape index (κ2) is 10.4. The second-order valence-electron chi connectivity index (χ2n) is 9.20. The van der Waals surface area contributed by atoms with E-state index in [1.807, 2.05) is 25.1 Å². The van der Waals surface area contributed by atoms with E-state index in [4.69, 9.17) is 19.2 Å². The summed E-state index contributed by atoms with van der Waals surface area (Å²) in [7, 11) is 1.62. The van der Waals surface area contributed by atoms with Gasteiger partial charge >= 0.3 is 6.09 Å². The molecule has 0 aliphatic carbocycles. The zero-order valence-corrected chi connectivity index (χ0v) is 21.7. The van der Waals surface area contributed by atoms with Crippen LogP contribution in [0.25, 0.3) is 31.8 Å². The van der Waals surface area contributed by atoms with Crippen molar-refractivity contribution in [1.82, 2.24) is 20.3 Å². The first-order valence-corrected chi connectivity index (χ1v) is 12.2. The zero-order valence-electron chi connectivity index (χ0n) is 20.8. The standard InChI is InChI=1S/C26H27N5O4S/c1-15-8-19(23-20(9-15)30-17(13-29-23)14-33-5)24-31-22-16(12-27)10-18(11-21(22)36-24)34-7-6-28-25(32)35-26(2,3)4/h8-11,13H,6-7,14H2,1-5H3,(H,28,32). The van der Waals surface area contributed by atoms with Crippen LogP contribution in [0.3, 0.4) is 0 Å². The Morgan fingerprint density at radius 2 is 1.97 bits per heavy atom. The number of nitrogens with one attached hydrogen (secondary N) is 1. The Morgan fingerprint density at radius 1 is 1.17 bits per heavy atom. The van der Waals surface area contributed by atoms with E-state index in [2.05, 4.69) is 21.4 Å². The quantitative estimate of drug-likeness (QED) is 0.343.